The van der Waals surface area contributed by atoms with Gasteiger partial charge in [-0.1, -0.05) is 58.3 Å². The molecule has 0 aliphatic carbocycles. The summed E-state index contributed by atoms with van der Waals surface area (Å²) in [5.41, 5.74) is 1.67. The fourth-order valence-corrected chi connectivity index (χ4v) is 4.51. The first-order chi connectivity index (χ1) is 14.0. The van der Waals surface area contributed by atoms with Crippen LogP contribution in [0.4, 0.5) is 10.8 Å². The Kier molecular flexibility index (Phi) is 5.65. The molecule has 29 heavy (non-hydrogen) atoms. The van der Waals surface area contributed by atoms with Crippen LogP contribution in [0.15, 0.2) is 60.7 Å². The third kappa shape index (κ3) is 3.91. The minimum absolute atomic E-state index is 0.259. The second-order valence-corrected chi connectivity index (χ2v) is 8.31. The van der Waals surface area contributed by atoms with Crippen molar-refractivity contribution in [2.75, 3.05) is 12.0 Å². The van der Waals surface area contributed by atoms with Crippen LogP contribution < -0.4 is 9.64 Å². The first kappa shape index (κ1) is 20.0. The van der Waals surface area contributed by atoms with E-state index in [1.165, 1.54) is 29.4 Å². The Hall–Kier alpha value is -2.31. The minimum Gasteiger partial charge on any atom is -0.495 e. The molecule has 1 heterocycles. The highest BCUT2D eigenvalue weighted by Crippen LogP contribution is 2.38. The summed E-state index contributed by atoms with van der Waals surface area (Å²) in [7, 11) is 1.52. The molecule has 0 saturated heterocycles. The molecule has 4 rings (SSSR count). The van der Waals surface area contributed by atoms with E-state index >= 15 is 0 Å². The van der Waals surface area contributed by atoms with Gasteiger partial charge in [0.2, 0.25) is 0 Å². The van der Waals surface area contributed by atoms with E-state index in [1.54, 1.807) is 30.3 Å². The third-order valence-corrected chi connectivity index (χ3v) is 6.11. The van der Waals surface area contributed by atoms with Crippen LogP contribution in [0, 0.1) is 0 Å². The van der Waals surface area contributed by atoms with Crippen LogP contribution in [0.2, 0.25) is 15.1 Å². The van der Waals surface area contributed by atoms with Gasteiger partial charge in [0.05, 0.1) is 38.6 Å². The molecular weight excluding hydrogens is 451 g/mol. The number of halogens is 3. The Bertz CT molecular complexity index is 1190. The lowest BCUT2D eigenvalue weighted by Gasteiger charge is -2.21. The number of rotatable bonds is 4. The number of para-hydroxylation sites is 1. The number of anilines is 2. The van der Waals surface area contributed by atoms with Gasteiger partial charge in [-0.05, 0) is 42.5 Å². The van der Waals surface area contributed by atoms with E-state index in [0.29, 0.717) is 32.2 Å². The fraction of sp³-hybridized carbons (Fsp3) is 0.0476. The van der Waals surface area contributed by atoms with Gasteiger partial charge in [0.25, 0.3) is 5.91 Å². The van der Waals surface area contributed by atoms with Crippen LogP contribution in [0.1, 0.15) is 10.4 Å². The third-order valence-electron chi connectivity index (χ3n) is 4.23. The zero-order valence-electron chi connectivity index (χ0n) is 15.0. The lowest BCUT2D eigenvalue weighted by atomic mass is 10.2. The van der Waals surface area contributed by atoms with Crippen LogP contribution in [-0.2, 0) is 0 Å². The lowest BCUT2D eigenvalue weighted by molar-refractivity contribution is 0.0999. The Morgan fingerprint density at radius 1 is 1.00 bits per heavy atom. The van der Waals surface area contributed by atoms with Crippen LogP contribution in [-0.4, -0.2) is 18.0 Å². The highest BCUT2D eigenvalue weighted by molar-refractivity contribution is 7.22. The zero-order chi connectivity index (χ0) is 20.5. The number of carbonyl (C=O) groups is 1. The maximum atomic E-state index is 13.5. The van der Waals surface area contributed by atoms with Gasteiger partial charge in [0.1, 0.15) is 5.75 Å². The summed E-state index contributed by atoms with van der Waals surface area (Å²) in [4.78, 5) is 19.7. The molecule has 0 fully saturated rings. The topological polar surface area (TPSA) is 42.4 Å². The summed E-state index contributed by atoms with van der Waals surface area (Å²) in [6, 6.07) is 17.5. The van der Waals surface area contributed by atoms with Gasteiger partial charge in [-0.2, -0.15) is 0 Å². The van der Waals surface area contributed by atoms with Crippen molar-refractivity contribution in [1.82, 2.24) is 4.98 Å². The second-order valence-electron chi connectivity index (χ2n) is 6.05. The fourth-order valence-electron chi connectivity index (χ4n) is 2.84. The molecule has 8 heteroatoms. The van der Waals surface area contributed by atoms with Crippen LogP contribution in [0.5, 0.6) is 5.75 Å². The SMILES string of the molecule is COc1cc(N(C(=O)c2ccc(Cl)cc2Cl)c2nc3ccccc3s2)ccc1Cl. The molecule has 0 unspecified atom stereocenters. The van der Waals surface area contributed by atoms with Gasteiger partial charge in [-0.15, -0.1) is 0 Å². The van der Waals surface area contributed by atoms with Gasteiger partial charge in [0.15, 0.2) is 5.13 Å². The highest BCUT2D eigenvalue weighted by Gasteiger charge is 2.26. The van der Waals surface area contributed by atoms with Crippen molar-refractivity contribution in [3.05, 3.63) is 81.3 Å². The molecule has 146 valence electrons. The van der Waals surface area contributed by atoms with Crippen molar-refractivity contribution in [1.29, 1.82) is 0 Å². The quantitative estimate of drug-likeness (QED) is 0.320. The monoisotopic (exact) mass is 462 g/mol. The number of carbonyl (C=O) groups excluding carboxylic acids is 1. The molecule has 1 amide bonds. The van der Waals surface area contributed by atoms with Gasteiger partial charge in [0, 0.05) is 11.1 Å². The van der Waals surface area contributed by atoms with E-state index in [4.69, 9.17) is 39.5 Å². The number of ether oxygens (including phenoxy) is 1. The zero-order valence-corrected chi connectivity index (χ0v) is 18.1. The predicted octanol–water partition coefficient (Wildman–Crippen LogP) is 7.24. The molecule has 1 aromatic heterocycles. The molecular formula is C21H13Cl3N2O2S. The standard InChI is InChI=1S/C21H13Cl3N2O2S/c1-28-18-11-13(7-9-15(18)23)26(20(27)14-8-6-12(22)10-16(14)24)21-25-17-4-2-3-5-19(17)29-21/h2-11H,1H3. The minimum atomic E-state index is -0.338. The molecule has 0 spiro atoms. The lowest BCUT2D eigenvalue weighted by Crippen LogP contribution is -2.26. The molecule has 0 saturated carbocycles. The number of benzene rings is 3. The normalized spacial score (nSPS) is 10.9. The number of methoxy groups -OCH3 is 1. The van der Waals surface area contributed by atoms with Crippen LogP contribution in [0.3, 0.4) is 0 Å². The van der Waals surface area contributed by atoms with E-state index in [0.717, 1.165) is 10.2 Å². The number of fused-ring (bicyclic) bond motifs is 1. The van der Waals surface area contributed by atoms with Gasteiger partial charge in [-0.25, -0.2) is 4.98 Å². The van der Waals surface area contributed by atoms with Crippen LogP contribution >= 0.6 is 46.1 Å². The molecule has 4 aromatic rings. The van der Waals surface area contributed by atoms with Crippen molar-refractivity contribution >= 4 is 73.1 Å². The summed E-state index contributed by atoms with van der Waals surface area (Å²) in [6.07, 6.45) is 0. The number of hydrogen-bond donors (Lipinski definition) is 0. The highest BCUT2D eigenvalue weighted by atomic mass is 35.5. The van der Waals surface area contributed by atoms with Gasteiger partial charge in [-0.3, -0.25) is 9.69 Å². The summed E-state index contributed by atoms with van der Waals surface area (Å²) in [5, 5.41) is 1.66. The molecule has 0 radical (unpaired) electrons. The predicted molar refractivity (Wildman–Crippen MR) is 121 cm³/mol. The van der Waals surface area contributed by atoms with E-state index in [9.17, 15) is 4.79 Å². The number of amides is 1. The summed E-state index contributed by atoms with van der Waals surface area (Å²) in [6.45, 7) is 0. The van der Waals surface area contributed by atoms with Crippen molar-refractivity contribution in [2.45, 2.75) is 0 Å². The summed E-state index contributed by atoms with van der Waals surface area (Å²) in [5.74, 6) is 0.111. The Balaban J connectivity index is 1.90. The maximum Gasteiger partial charge on any atom is 0.266 e. The van der Waals surface area contributed by atoms with Crippen LogP contribution in [0.25, 0.3) is 10.2 Å². The number of hydrogen-bond acceptors (Lipinski definition) is 4. The largest absolute Gasteiger partial charge is 0.495 e. The van der Waals surface area contributed by atoms with Crippen molar-refractivity contribution in [3.8, 4) is 5.75 Å². The van der Waals surface area contributed by atoms with Crippen molar-refractivity contribution in [3.63, 3.8) is 0 Å². The second kappa shape index (κ2) is 8.20. The van der Waals surface area contributed by atoms with E-state index in [-0.39, 0.29) is 10.9 Å². The van der Waals surface area contributed by atoms with Gasteiger partial charge < -0.3 is 4.74 Å². The number of aromatic nitrogens is 1. The smallest absolute Gasteiger partial charge is 0.266 e. The molecule has 0 aliphatic heterocycles. The average molecular weight is 464 g/mol. The molecule has 0 aliphatic rings. The van der Waals surface area contributed by atoms with Gasteiger partial charge >= 0.3 is 0 Å². The Morgan fingerprint density at radius 2 is 1.79 bits per heavy atom. The summed E-state index contributed by atoms with van der Waals surface area (Å²) >= 11 is 19.9. The molecule has 0 N–H and O–H groups in total. The Morgan fingerprint density at radius 3 is 2.52 bits per heavy atom. The molecule has 3 aromatic carbocycles. The Labute approximate surface area is 186 Å². The first-order valence-corrected chi connectivity index (χ1v) is 10.4. The van der Waals surface area contributed by atoms with Crippen molar-refractivity contribution < 1.29 is 9.53 Å². The van der Waals surface area contributed by atoms with Crippen molar-refractivity contribution in [2.24, 2.45) is 0 Å². The molecule has 4 nitrogen and oxygen atoms in total. The maximum absolute atomic E-state index is 13.5. The van der Waals surface area contributed by atoms with E-state index in [2.05, 4.69) is 4.98 Å². The molecule has 0 bridgehead atoms. The number of nitrogens with zero attached hydrogens (tertiary/aromatic N) is 2. The average Bonchev–Trinajstić information content (AvgIpc) is 3.12. The summed E-state index contributed by atoms with van der Waals surface area (Å²) < 4.78 is 6.29. The van der Waals surface area contributed by atoms with E-state index < -0.39 is 0 Å². The first-order valence-electron chi connectivity index (χ1n) is 8.46. The van der Waals surface area contributed by atoms with E-state index in [1.807, 2.05) is 24.3 Å². The number of thiazole rings is 1. The molecule has 0 atom stereocenters.